The van der Waals surface area contributed by atoms with Gasteiger partial charge in [-0.15, -0.1) is 10.2 Å². The summed E-state index contributed by atoms with van der Waals surface area (Å²) >= 11 is 0. The molecular formula is C23H25FN4O5S. The van der Waals surface area contributed by atoms with E-state index in [2.05, 4.69) is 10.2 Å². The lowest BCUT2D eigenvalue weighted by molar-refractivity contribution is 0.355. The number of anilines is 1. The van der Waals surface area contributed by atoms with Crippen molar-refractivity contribution in [2.45, 2.75) is 4.90 Å². The number of piperazine rings is 1. The van der Waals surface area contributed by atoms with Crippen molar-refractivity contribution < 1.29 is 27.0 Å². The average molecular weight is 489 g/mol. The van der Waals surface area contributed by atoms with Crippen LogP contribution in [0.2, 0.25) is 0 Å². The number of ether oxygens (including phenoxy) is 3. The summed E-state index contributed by atoms with van der Waals surface area (Å²) in [5, 5.41) is 8.65. The molecule has 11 heteroatoms. The first kappa shape index (κ1) is 23.7. The second kappa shape index (κ2) is 9.82. The van der Waals surface area contributed by atoms with Crippen LogP contribution in [0.1, 0.15) is 0 Å². The minimum Gasteiger partial charge on any atom is -0.495 e. The summed E-state index contributed by atoms with van der Waals surface area (Å²) in [7, 11) is 0.596. The highest BCUT2D eigenvalue weighted by Gasteiger charge is 2.31. The molecule has 0 atom stereocenters. The molecule has 0 radical (unpaired) electrons. The molecule has 1 saturated heterocycles. The first-order valence-corrected chi connectivity index (χ1v) is 12.0. The maximum Gasteiger partial charge on any atom is 0.246 e. The Balaban J connectivity index is 1.46. The van der Waals surface area contributed by atoms with E-state index < -0.39 is 15.8 Å². The van der Waals surface area contributed by atoms with Crippen molar-refractivity contribution in [3.8, 4) is 28.5 Å². The number of aromatic nitrogens is 2. The SMILES string of the molecule is COc1ccc(-c2ccc(N3CCN(S(=O)(=O)c4cc(F)ccc4OC)CC3)nn2)cc1OC. The van der Waals surface area contributed by atoms with Crippen molar-refractivity contribution in [1.29, 1.82) is 0 Å². The van der Waals surface area contributed by atoms with Crippen LogP contribution in [0.4, 0.5) is 10.2 Å². The van der Waals surface area contributed by atoms with Crippen molar-refractivity contribution in [3.63, 3.8) is 0 Å². The lowest BCUT2D eigenvalue weighted by Gasteiger charge is -2.34. The largest absolute Gasteiger partial charge is 0.495 e. The molecular weight excluding hydrogens is 463 g/mol. The maximum atomic E-state index is 13.7. The number of sulfonamides is 1. The average Bonchev–Trinajstić information content (AvgIpc) is 2.88. The number of hydrogen-bond acceptors (Lipinski definition) is 8. The first-order chi connectivity index (χ1) is 16.4. The highest BCUT2D eigenvalue weighted by Crippen LogP contribution is 2.32. The van der Waals surface area contributed by atoms with Gasteiger partial charge >= 0.3 is 0 Å². The molecule has 9 nitrogen and oxygen atoms in total. The van der Waals surface area contributed by atoms with E-state index in [1.165, 1.54) is 23.5 Å². The van der Waals surface area contributed by atoms with E-state index in [9.17, 15) is 12.8 Å². The zero-order chi connectivity index (χ0) is 24.3. The third kappa shape index (κ3) is 4.62. The Hall–Kier alpha value is -3.44. The molecule has 0 N–H and O–H groups in total. The molecule has 3 aromatic rings. The monoisotopic (exact) mass is 488 g/mol. The van der Waals surface area contributed by atoms with Gasteiger partial charge < -0.3 is 19.1 Å². The smallest absolute Gasteiger partial charge is 0.246 e. The lowest BCUT2D eigenvalue weighted by atomic mass is 10.1. The Kier molecular flexibility index (Phi) is 6.85. The van der Waals surface area contributed by atoms with Gasteiger partial charge in [0.2, 0.25) is 10.0 Å². The molecule has 1 aliphatic rings. The van der Waals surface area contributed by atoms with Crippen LogP contribution in [0.3, 0.4) is 0 Å². The van der Waals surface area contributed by atoms with E-state index >= 15 is 0 Å². The van der Waals surface area contributed by atoms with Crippen molar-refractivity contribution >= 4 is 15.8 Å². The highest BCUT2D eigenvalue weighted by atomic mass is 32.2. The van der Waals surface area contributed by atoms with E-state index in [0.717, 1.165) is 11.6 Å². The molecule has 180 valence electrons. The van der Waals surface area contributed by atoms with Crippen LogP contribution in [0.25, 0.3) is 11.3 Å². The third-order valence-corrected chi connectivity index (χ3v) is 7.56. The molecule has 4 rings (SSSR count). The topological polar surface area (TPSA) is 94.1 Å². The van der Waals surface area contributed by atoms with Gasteiger partial charge in [0, 0.05) is 31.7 Å². The van der Waals surface area contributed by atoms with E-state index in [1.54, 1.807) is 20.3 Å². The summed E-state index contributed by atoms with van der Waals surface area (Å²) in [6.45, 7) is 1.28. The summed E-state index contributed by atoms with van der Waals surface area (Å²) in [4.78, 5) is 1.78. The van der Waals surface area contributed by atoms with Crippen molar-refractivity contribution in [1.82, 2.24) is 14.5 Å². The zero-order valence-corrected chi connectivity index (χ0v) is 19.9. The molecule has 0 amide bonds. The van der Waals surface area contributed by atoms with Gasteiger partial charge in [-0.3, -0.25) is 0 Å². The minimum atomic E-state index is -3.90. The molecule has 1 aromatic heterocycles. The fourth-order valence-electron chi connectivity index (χ4n) is 3.79. The Morgan fingerprint density at radius 3 is 2.09 bits per heavy atom. The van der Waals surface area contributed by atoms with Crippen molar-refractivity contribution in [3.05, 3.63) is 54.3 Å². The van der Waals surface area contributed by atoms with Crippen molar-refractivity contribution in [2.75, 3.05) is 52.4 Å². The van der Waals surface area contributed by atoms with E-state index in [-0.39, 0.29) is 23.7 Å². The number of benzene rings is 2. The molecule has 0 saturated carbocycles. The third-order valence-electron chi connectivity index (χ3n) is 5.64. The molecule has 0 bridgehead atoms. The molecule has 0 spiro atoms. The fraction of sp³-hybridized carbons (Fsp3) is 0.304. The van der Waals surface area contributed by atoms with Crippen LogP contribution in [0, 0.1) is 5.82 Å². The number of hydrogen-bond donors (Lipinski definition) is 0. The predicted molar refractivity (Wildman–Crippen MR) is 124 cm³/mol. The van der Waals surface area contributed by atoms with Gasteiger partial charge in [0.15, 0.2) is 17.3 Å². The van der Waals surface area contributed by atoms with E-state index in [0.29, 0.717) is 36.1 Å². The van der Waals surface area contributed by atoms with Crippen LogP contribution in [0.5, 0.6) is 17.2 Å². The molecule has 1 aliphatic heterocycles. The van der Waals surface area contributed by atoms with Gasteiger partial charge in [-0.2, -0.15) is 4.31 Å². The summed E-state index contributed by atoms with van der Waals surface area (Å²) in [5.74, 6) is 1.34. The molecule has 2 heterocycles. The van der Waals surface area contributed by atoms with Gasteiger partial charge in [-0.25, -0.2) is 12.8 Å². The van der Waals surface area contributed by atoms with E-state index in [1.807, 2.05) is 29.2 Å². The maximum absolute atomic E-state index is 13.7. The predicted octanol–water partition coefficient (Wildman–Crippen LogP) is 2.82. The Bertz CT molecular complexity index is 1260. The minimum absolute atomic E-state index is 0.112. The zero-order valence-electron chi connectivity index (χ0n) is 19.1. The van der Waals surface area contributed by atoms with Gasteiger partial charge in [0.05, 0.1) is 27.0 Å². The number of methoxy groups -OCH3 is 3. The van der Waals surface area contributed by atoms with Crippen LogP contribution in [-0.4, -0.2) is 70.4 Å². The highest BCUT2D eigenvalue weighted by molar-refractivity contribution is 7.89. The van der Waals surface area contributed by atoms with Crippen LogP contribution >= 0.6 is 0 Å². The Morgan fingerprint density at radius 1 is 0.794 bits per heavy atom. The summed E-state index contributed by atoms with van der Waals surface area (Å²) in [6.07, 6.45) is 0. The standard InChI is InChI=1S/C23H25FN4O5S/c1-31-19-7-4-16(14-21(19)33-3)18-6-9-23(26-25-18)27-10-12-28(13-11-27)34(29,30)22-15-17(24)5-8-20(22)32-2/h4-9,14-15H,10-13H2,1-3H3. The van der Waals surface area contributed by atoms with Gasteiger partial charge in [-0.1, -0.05) is 0 Å². The van der Waals surface area contributed by atoms with Gasteiger partial charge in [-0.05, 0) is 48.5 Å². The molecule has 0 unspecified atom stereocenters. The number of nitrogens with zero attached hydrogens (tertiary/aromatic N) is 4. The summed E-state index contributed by atoms with van der Waals surface area (Å²) in [6, 6.07) is 12.7. The molecule has 34 heavy (non-hydrogen) atoms. The Morgan fingerprint density at radius 2 is 1.47 bits per heavy atom. The molecule has 2 aromatic carbocycles. The Labute approximate surface area is 197 Å². The van der Waals surface area contributed by atoms with Gasteiger partial charge in [0.25, 0.3) is 0 Å². The fourth-order valence-corrected chi connectivity index (χ4v) is 5.38. The van der Waals surface area contributed by atoms with Crippen LogP contribution in [0.15, 0.2) is 53.4 Å². The quantitative estimate of drug-likeness (QED) is 0.501. The van der Waals surface area contributed by atoms with Crippen molar-refractivity contribution in [2.24, 2.45) is 0 Å². The van der Waals surface area contributed by atoms with Gasteiger partial charge in [0.1, 0.15) is 16.5 Å². The second-order valence-corrected chi connectivity index (χ2v) is 9.44. The number of halogens is 1. The van der Waals surface area contributed by atoms with Crippen LogP contribution in [-0.2, 0) is 10.0 Å². The number of rotatable bonds is 7. The lowest BCUT2D eigenvalue weighted by Crippen LogP contribution is -2.49. The molecule has 0 aliphatic carbocycles. The first-order valence-electron chi connectivity index (χ1n) is 10.5. The van der Waals surface area contributed by atoms with E-state index in [4.69, 9.17) is 14.2 Å². The summed E-state index contributed by atoms with van der Waals surface area (Å²) < 4.78 is 56.9. The normalized spacial score (nSPS) is 14.6. The second-order valence-electron chi connectivity index (χ2n) is 7.53. The summed E-state index contributed by atoms with van der Waals surface area (Å²) in [5.41, 5.74) is 1.50. The van der Waals surface area contributed by atoms with Crippen LogP contribution < -0.4 is 19.1 Å². The molecule has 1 fully saturated rings.